The summed E-state index contributed by atoms with van der Waals surface area (Å²) in [6, 6.07) is 0.507. The Kier molecular flexibility index (Phi) is 8.74. The van der Waals surface area contributed by atoms with Gasteiger partial charge in [-0.1, -0.05) is 38.3 Å². The molecule has 1 aromatic rings. The number of aromatic nitrogens is 2. The fraction of sp³-hybridized carbons (Fsp3) is 0.800. The van der Waals surface area contributed by atoms with Gasteiger partial charge in [-0.25, -0.2) is 0 Å². The van der Waals surface area contributed by atoms with Crippen LogP contribution < -0.4 is 11.1 Å². The van der Waals surface area contributed by atoms with Crippen LogP contribution in [0.1, 0.15) is 70.0 Å². The van der Waals surface area contributed by atoms with Crippen molar-refractivity contribution in [2.75, 3.05) is 6.54 Å². The van der Waals surface area contributed by atoms with Gasteiger partial charge in [-0.05, 0) is 19.3 Å². The Morgan fingerprint density at radius 3 is 2.73 bits per heavy atom. The van der Waals surface area contributed by atoms with E-state index in [1.54, 1.807) is 0 Å². The minimum Gasteiger partial charge on any atom is -0.370 e. The van der Waals surface area contributed by atoms with E-state index in [9.17, 15) is 0 Å². The highest BCUT2D eigenvalue weighted by atomic mass is 127. The Balaban J connectivity index is 0.00000242. The average molecular weight is 421 g/mol. The maximum atomic E-state index is 5.92. The van der Waals surface area contributed by atoms with Crippen LogP contribution in [0.25, 0.3) is 0 Å². The van der Waals surface area contributed by atoms with Crippen molar-refractivity contribution < 1.29 is 4.52 Å². The Hall–Kier alpha value is -0.860. The maximum Gasteiger partial charge on any atom is 0.226 e. The molecule has 126 valence electrons. The monoisotopic (exact) mass is 421 g/mol. The summed E-state index contributed by atoms with van der Waals surface area (Å²) in [5.41, 5.74) is 5.92. The Bertz CT molecular complexity index is 455. The molecule has 0 bridgehead atoms. The van der Waals surface area contributed by atoms with Gasteiger partial charge in [-0.3, -0.25) is 4.99 Å². The molecule has 3 N–H and O–H groups in total. The van der Waals surface area contributed by atoms with Gasteiger partial charge in [-0.15, -0.1) is 24.0 Å². The van der Waals surface area contributed by atoms with Crippen LogP contribution in [0.2, 0.25) is 0 Å². The summed E-state index contributed by atoms with van der Waals surface area (Å²) in [5, 5.41) is 7.26. The molecule has 1 aliphatic rings. The zero-order valence-corrected chi connectivity index (χ0v) is 15.9. The van der Waals surface area contributed by atoms with Gasteiger partial charge in [0.05, 0.1) is 0 Å². The molecule has 1 heterocycles. The van der Waals surface area contributed by atoms with Crippen LogP contribution in [0, 0.1) is 0 Å². The van der Waals surface area contributed by atoms with Crippen molar-refractivity contribution in [2.45, 2.75) is 70.8 Å². The predicted molar refractivity (Wildman–Crippen MR) is 98.6 cm³/mol. The van der Waals surface area contributed by atoms with Gasteiger partial charge in [0.15, 0.2) is 11.8 Å². The molecule has 7 heteroatoms. The maximum absolute atomic E-state index is 5.92. The predicted octanol–water partition coefficient (Wildman–Crippen LogP) is 2.98. The van der Waals surface area contributed by atoms with Crippen LogP contribution in [-0.4, -0.2) is 28.7 Å². The summed E-state index contributed by atoms with van der Waals surface area (Å²) in [6.07, 6.45) is 7.96. The second kappa shape index (κ2) is 10.0. The van der Waals surface area contributed by atoms with Gasteiger partial charge in [0.1, 0.15) is 0 Å². The standard InChI is InChI=1S/C15H27N5O.HI/c1-11(2)14-19-13(21-20-14)9-6-10-17-15(16)18-12-7-4-3-5-8-12;/h11-12H,3-10H2,1-2H3,(H3,16,17,18);1H. The Morgan fingerprint density at radius 1 is 1.36 bits per heavy atom. The van der Waals surface area contributed by atoms with E-state index >= 15 is 0 Å². The summed E-state index contributed by atoms with van der Waals surface area (Å²) in [6.45, 7) is 4.79. The minimum atomic E-state index is 0. The van der Waals surface area contributed by atoms with E-state index in [2.05, 4.69) is 34.3 Å². The Morgan fingerprint density at radius 2 is 2.09 bits per heavy atom. The van der Waals surface area contributed by atoms with Gasteiger partial charge < -0.3 is 15.6 Å². The molecule has 2 rings (SSSR count). The van der Waals surface area contributed by atoms with Crippen LogP contribution >= 0.6 is 24.0 Å². The van der Waals surface area contributed by atoms with Crippen molar-refractivity contribution in [1.82, 2.24) is 15.5 Å². The summed E-state index contributed by atoms with van der Waals surface area (Å²) < 4.78 is 5.20. The molecular weight excluding hydrogens is 393 g/mol. The van der Waals surface area contributed by atoms with Crippen LogP contribution in [-0.2, 0) is 6.42 Å². The fourth-order valence-electron chi connectivity index (χ4n) is 2.54. The van der Waals surface area contributed by atoms with Gasteiger partial charge in [0, 0.05) is 24.9 Å². The van der Waals surface area contributed by atoms with Crippen molar-refractivity contribution in [3.63, 3.8) is 0 Å². The summed E-state index contributed by atoms with van der Waals surface area (Å²) in [4.78, 5) is 8.72. The highest BCUT2D eigenvalue weighted by molar-refractivity contribution is 14.0. The van der Waals surface area contributed by atoms with E-state index in [1.807, 2.05) is 0 Å². The van der Waals surface area contributed by atoms with Gasteiger partial charge >= 0.3 is 0 Å². The normalized spacial score (nSPS) is 16.6. The zero-order valence-electron chi connectivity index (χ0n) is 13.5. The molecule has 0 aromatic carbocycles. The van der Waals surface area contributed by atoms with Crippen molar-refractivity contribution in [2.24, 2.45) is 10.7 Å². The van der Waals surface area contributed by atoms with Crippen molar-refractivity contribution in [3.8, 4) is 0 Å². The summed E-state index contributed by atoms with van der Waals surface area (Å²) in [5.74, 6) is 2.32. The molecule has 0 aliphatic heterocycles. The SMILES string of the molecule is CC(C)c1noc(CCCN=C(N)NC2CCCCC2)n1.I. The lowest BCUT2D eigenvalue weighted by Gasteiger charge is -2.23. The molecule has 1 fully saturated rings. The minimum absolute atomic E-state index is 0. The van der Waals surface area contributed by atoms with E-state index in [0.29, 0.717) is 30.4 Å². The topological polar surface area (TPSA) is 89.3 Å². The molecular formula is C15H28IN5O. The molecule has 22 heavy (non-hydrogen) atoms. The number of nitrogens with one attached hydrogen (secondary N) is 1. The fourth-order valence-corrected chi connectivity index (χ4v) is 2.54. The second-order valence-electron chi connectivity index (χ2n) is 6.05. The van der Waals surface area contributed by atoms with Crippen molar-refractivity contribution in [3.05, 3.63) is 11.7 Å². The third-order valence-electron chi connectivity index (χ3n) is 3.79. The largest absolute Gasteiger partial charge is 0.370 e. The van der Waals surface area contributed by atoms with Gasteiger partial charge in [-0.2, -0.15) is 4.98 Å². The zero-order chi connectivity index (χ0) is 15.1. The van der Waals surface area contributed by atoms with Crippen LogP contribution in [0.3, 0.4) is 0 Å². The van der Waals surface area contributed by atoms with Crippen LogP contribution in [0.15, 0.2) is 9.52 Å². The number of nitrogens with two attached hydrogens (primary N) is 1. The molecule has 1 aromatic heterocycles. The molecule has 6 nitrogen and oxygen atoms in total. The molecule has 1 aliphatic carbocycles. The first kappa shape index (κ1) is 19.2. The summed E-state index contributed by atoms with van der Waals surface area (Å²) in [7, 11) is 0. The molecule has 0 unspecified atom stereocenters. The lowest BCUT2D eigenvalue weighted by atomic mass is 9.96. The van der Waals surface area contributed by atoms with Crippen molar-refractivity contribution >= 4 is 29.9 Å². The number of rotatable bonds is 6. The number of aryl methyl sites for hydroxylation is 1. The van der Waals surface area contributed by atoms with E-state index in [0.717, 1.165) is 18.7 Å². The molecule has 0 atom stereocenters. The van der Waals surface area contributed by atoms with Crippen LogP contribution in [0.5, 0.6) is 0 Å². The average Bonchev–Trinajstić information content (AvgIpc) is 2.94. The molecule has 0 amide bonds. The summed E-state index contributed by atoms with van der Waals surface area (Å²) >= 11 is 0. The second-order valence-corrected chi connectivity index (χ2v) is 6.05. The van der Waals surface area contributed by atoms with Crippen molar-refractivity contribution in [1.29, 1.82) is 0 Å². The molecule has 1 saturated carbocycles. The van der Waals surface area contributed by atoms with E-state index in [1.165, 1.54) is 32.1 Å². The number of guanidine groups is 1. The first-order valence-electron chi connectivity index (χ1n) is 8.04. The highest BCUT2D eigenvalue weighted by Crippen LogP contribution is 2.17. The highest BCUT2D eigenvalue weighted by Gasteiger charge is 2.13. The van der Waals surface area contributed by atoms with E-state index < -0.39 is 0 Å². The molecule has 0 radical (unpaired) electrons. The number of nitrogens with zero attached hydrogens (tertiary/aromatic N) is 3. The third kappa shape index (κ3) is 6.50. The smallest absolute Gasteiger partial charge is 0.226 e. The quantitative estimate of drug-likeness (QED) is 0.319. The van der Waals surface area contributed by atoms with Gasteiger partial charge in [0.2, 0.25) is 5.89 Å². The van der Waals surface area contributed by atoms with E-state index in [4.69, 9.17) is 10.3 Å². The third-order valence-corrected chi connectivity index (χ3v) is 3.79. The van der Waals surface area contributed by atoms with Gasteiger partial charge in [0.25, 0.3) is 0 Å². The Labute approximate surface area is 149 Å². The van der Waals surface area contributed by atoms with E-state index in [-0.39, 0.29) is 24.0 Å². The number of halogens is 1. The molecule has 0 saturated heterocycles. The lowest BCUT2D eigenvalue weighted by molar-refractivity contribution is 0.369. The number of hydrogen-bond donors (Lipinski definition) is 2. The first-order chi connectivity index (χ1) is 10.1. The number of aliphatic imine (C=N–C) groups is 1. The first-order valence-corrected chi connectivity index (χ1v) is 8.04. The molecule has 0 spiro atoms. The lowest BCUT2D eigenvalue weighted by Crippen LogP contribution is -2.41. The van der Waals surface area contributed by atoms with Crippen LogP contribution in [0.4, 0.5) is 0 Å². The number of hydrogen-bond acceptors (Lipinski definition) is 4.